The van der Waals surface area contributed by atoms with E-state index in [1.807, 2.05) is 12.1 Å². The van der Waals surface area contributed by atoms with Crippen LogP contribution in [0.5, 0.6) is 0 Å². The van der Waals surface area contributed by atoms with Crippen LogP contribution in [-0.2, 0) is 4.74 Å². The summed E-state index contributed by atoms with van der Waals surface area (Å²) in [7, 11) is 1.26. The first-order valence-electron chi connectivity index (χ1n) is 8.28. The first-order chi connectivity index (χ1) is 13.5. The van der Waals surface area contributed by atoms with E-state index in [9.17, 15) is 10.1 Å². The van der Waals surface area contributed by atoms with E-state index in [2.05, 4.69) is 4.98 Å². The number of nitrogen functional groups attached to an aromatic ring is 2. The number of ether oxygens (including phenoxy) is 1. The molecule has 0 spiro atoms. The smallest absolute Gasteiger partial charge is 0.357 e. The van der Waals surface area contributed by atoms with Crippen molar-refractivity contribution in [1.29, 1.82) is 5.26 Å². The van der Waals surface area contributed by atoms with Crippen LogP contribution in [0, 0.1) is 11.3 Å². The maximum absolute atomic E-state index is 12.2. The van der Waals surface area contributed by atoms with Crippen molar-refractivity contribution in [3.05, 3.63) is 59.9 Å². The zero-order chi connectivity index (χ0) is 19.8. The SMILES string of the molecule is COC(=O)c1c(N)c(C#N)cn1-c1cccc(-c2nc3cc(N)ccc3o2)c1. The van der Waals surface area contributed by atoms with Gasteiger partial charge in [-0.1, -0.05) is 6.07 Å². The second-order valence-corrected chi connectivity index (χ2v) is 6.07. The quantitative estimate of drug-likeness (QED) is 0.416. The third kappa shape index (κ3) is 2.71. The third-order valence-electron chi connectivity index (χ3n) is 4.33. The standard InChI is InChI=1S/C20H15N5O3/c1-27-20(26)18-17(23)12(9-21)10-25(18)14-4-2-3-11(7-14)19-24-15-8-13(22)5-6-16(15)28-19/h2-8,10H,22-23H2,1H3. The fourth-order valence-corrected chi connectivity index (χ4v) is 2.97. The highest BCUT2D eigenvalue weighted by Crippen LogP contribution is 2.29. The summed E-state index contributed by atoms with van der Waals surface area (Å²) >= 11 is 0. The summed E-state index contributed by atoms with van der Waals surface area (Å²) in [5.41, 5.74) is 15.2. The predicted octanol–water partition coefficient (Wildman–Crippen LogP) is 3.11. The number of benzene rings is 2. The fourth-order valence-electron chi connectivity index (χ4n) is 2.97. The number of aromatic nitrogens is 2. The van der Waals surface area contributed by atoms with Gasteiger partial charge in [0.25, 0.3) is 0 Å². The van der Waals surface area contributed by atoms with E-state index in [-0.39, 0.29) is 16.9 Å². The maximum atomic E-state index is 12.2. The van der Waals surface area contributed by atoms with E-state index < -0.39 is 5.97 Å². The number of carbonyl (C=O) groups is 1. The van der Waals surface area contributed by atoms with Crippen LogP contribution in [0.25, 0.3) is 28.2 Å². The van der Waals surface area contributed by atoms with Crippen LogP contribution in [0.15, 0.2) is 53.1 Å². The Balaban J connectivity index is 1.85. The van der Waals surface area contributed by atoms with E-state index in [1.54, 1.807) is 36.4 Å². The van der Waals surface area contributed by atoms with E-state index in [0.717, 1.165) is 0 Å². The Labute approximate surface area is 159 Å². The monoisotopic (exact) mass is 373 g/mol. The van der Waals surface area contributed by atoms with Crippen molar-refractivity contribution in [2.24, 2.45) is 0 Å². The van der Waals surface area contributed by atoms with Crippen molar-refractivity contribution in [3.8, 4) is 23.2 Å². The lowest BCUT2D eigenvalue weighted by molar-refractivity contribution is 0.0593. The third-order valence-corrected chi connectivity index (χ3v) is 4.33. The average molecular weight is 373 g/mol. The second-order valence-electron chi connectivity index (χ2n) is 6.07. The molecule has 28 heavy (non-hydrogen) atoms. The molecule has 0 unspecified atom stereocenters. The van der Waals surface area contributed by atoms with Crippen molar-refractivity contribution in [3.63, 3.8) is 0 Å². The fraction of sp³-hybridized carbons (Fsp3) is 0.0500. The molecule has 0 bridgehead atoms. The first-order valence-corrected chi connectivity index (χ1v) is 8.28. The van der Waals surface area contributed by atoms with Gasteiger partial charge in [-0.05, 0) is 36.4 Å². The van der Waals surface area contributed by atoms with E-state index >= 15 is 0 Å². The predicted molar refractivity (Wildman–Crippen MR) is 104 cm³/mol. The Kier molecular flexibility index (Phi) is 3.98. The van der Waals surface area contributed by atoms with Crippen molar-refractivity contribution < 1.29 is 13.9 Å². The Morgan fingerprint density at radius 1 is 1.25 bits per heavy atom. The zero-order valence-corrected chi connectivity index (χ0v) is 14.8. The lowest BCUT2D eigenvalue weighted by atomic mass is 10.2. The number of nitrogens with zero attached hydrogens (tertiary/aromatic N) is 3. The highest BCUT2D eigenvalue weighted by atomic mass is 16.5. The Morgan fingerprint density at radius 3 is 2.82 bits per heavy atom. The Hall–Kier alpha value is -4.25. The number of methoxy groups -OCH3 is 1. The molecule has 0 aliphatic rings. The van der Waals surface area contributed by atoms with Crippen LogP contribution in [0.2, 0.25) is 0 Å². The minimum atomic E-state index is -0.637. The number of hydrogen-bond donors (Lipinski definition) is 2. The number of nitrogens with two attached hydrogens (primary N) is 2. The van der Waals surface area contributed by atoms with Crippen LogP contribution in [0.4, 0.5) is 11.4 Å². The van der Waals surface area contributed by atoms with Gasteiger partial charge in [-0.3, -0.25) is 0 Å². The number of nitriles is 1. The van der Waals surface area contributed by atoms with E-state index in [4.69, 9.17) is 20.6 Å². The number of carbonyl (C=O) groups excluding carboxylic acids is 1. The van der Waals surface area contributed by atoms with Crippen LogP contribution in [0.3, 0.4) is 0 Å². The molecule has 2 heterocycles. The summed E-state index contributed by atoms with van der Waals surface area (Å²) in [6.07, 6.45) is 1.49. The molecule has 0 radical (unpaired) electrons. The zero-order valence-electron chi connectivity index (χ0n) is 14.8. The summed E-state index contributed by atoms with van der Waals surface area (Å²) < 4.78 is 12.1. The summed E-state index contributed by atoms with van der Waals surface area (Å²) in [4.78, 5) is 16.7. The van der Waals surface area contributed by atoms with Gasteiger partial charge in [0.2, 0.25) is 5.89 Å². The Bertz CT molecular complexity index is 1260. The molecule has 0 saturated carbocycles. The molecule has 8 heteroatoms. The topological polar surface area (TPSA) is 133 Å². The molecule has 4 N–H and O–H groups in total. The number of anilines is 2. The highest BCUT2D eigenvalue weighted by Gasteiger charge is 2.22. The van der Waals surface area contributed by atoms with Crippen molar-refractivity contribution >= 4 is 28.4 Å². The van der Waals surface area contributed by atoms with Gasteiger partial charge in [0.05, 0.1) is 18.4 Å². The molecule has 4 rings (SSSR count). The lowest BCUT2D eigenvalue weighted by Crippen LogP contribution is -2.11. The summed E-state index contributed by atoms with van der Waals surface area (Å²) in [6, 6.07) is 14.4. The Morgan fingerprint density at radius 2 is 2.07 bits per heavy atom. The molecule has 4 aromatic rings. The largest absolute Gasteiger partial charge is 0.464 e. The molecule has 0 saturated heterocycles. The van der Waals surface area contributed by atoms with Gasteiger partial charge in [0, 0.05) is 23.1 Å². The van der Waals surface area contributed by atoms with Gasteiger partial charge >= 0.3 is 5.97 Å². The van der Waals surface area contributed by atoms with E-state index in [1.165, 1.54) is 17.9 Å². The summed E-state index contributed by atoms with van der Waals surface area (Å²) in [5.74, 6) is -0.232. The minimum absolute atomic E-state index is 0.0668. The van der Waals surface area contributed by atoms with Crippen LogP contribution < -0.4 is 11.5 Å². The van der Waals surface area contributed by atoms with Crippen LogP contribution >= 0.6 is 0 Å². The minimum Gasteiger partial charge on any atom is -0.464 e. The van der Waals surface area contributed by atoms with Gasteiger partial charge in [-0.2, -0.15) is 5.26 Å². The molecule has 2 aromatic carbocycles. The van der Waals surface area contributed by atoms with E-state index in [0.29, 0.717) is 33.9 Å². The number of fused-ring (bicyclic) bond motifs is 1. The first kappa shape index (κ1) is 17.2. The molecule has 138 valence electrons. The number of esters is 1. The molecule has 0 aliphatic heterocycles. The van der Waals surface area contributed by atoms with Gasteiger partial charge in [-0.15, -0.1) is 0 Å². The van der Waals surface area contributed by atoms with Crippen molar-refractivity contribution in [2.45, 2.75) is 0 Å². The molecule has 0 amide bonds. The second kappa shape index (κ2) is 6.48. The molecular weight excluding hydrogens is 358 g/mol. The van der Waals surface area contributed by atoms with Crippen LogP contribution in [0.1, 0.15) is 16.1 Å². The summed E-state index contributed by atoms with van der Waals surface area (Å²) in [5, 5.41) is 9.26. The molecule has 2 aromatic heterocycles. The lowest BCUT2D eigenvalue weighted by Gasteiger charge is -2.09. The average Bonchev–Trinajstić information content (AvgIpc) is 3.28. The number of oxazole rings is 1. The van der Waals surface area contributed by atoms with Gasteiger partial charge in [0.15, 0.2) is 11.3 Å². The number of hydrogen-bond acceptors (Lipinski definition) is 7. The molecule has 8 nitrogen and oxygen atoms in total. The molecule has 0 fully saturated rings. The number of rotatable bonds is 3. The van der Waals surface area contributed by atoms with Gasteiger partial charge in [-0.25, -0.2) is 9.78 Å². The van der Waals surface area contributed by atoms with Crippen LogP contribution in [-0.4, -0.2) is 22.6 Å². The maximum Gasteiger partial charge on any atom is 0.357 e. The molecular formula is C20H15N5O3. The van der Waals surface area contributed by atoms with Gasteiger partial charge < -0.3 is 25.2 Å². The normalized spacial score (nSPS) is 10.7. The molecule has 0 atom stereocenters. The van der Waals surface area contributed by atoms with Gasteiger partial charge in [0.1, 0.15) is 11.6 Å². The van der Waals surface area contributed by atoms with Crippen molar-refractivity contribution in [2.75, 3.05) is 18.6 Å². The summed E-state index contributed by atoms with van der Waals surface area (Å²) in [6.45, 7) is 0. The van der Waals surface area contributed by atoms with Crippen molar-refractivity contribution in [1.82, 2.24) is 9.55 Å². The highest BCUT2D eigenvalue weighted by molar-refractivity contribution is 5.96. The molecule has 0 aliphatic carbocycles.